The van der Waals surface area contributed by atoms with Gasteiger partial charge in [-0.25, -0.2) is 8.42 Å². The maximum atomic E-state index is 12.1. The van der Waals surface area contributed by atoms with Crippen LogP contribution in [0.3, 0.4) is 0 Å². The first-order chi connectivity index (χ1) is 9.87. The molecule has 0 saturated carbocycles. The third-order valence-electron chi connectivity index (χ3n) is 2.83. The highest BCUT2D eigenvalue weighted by molar-refractivity contribution is 9.10. The zero-order chi connectivity index (χ0) is 15.5. The molecule has 0 heterocycles. The molecule has 110 valence electrons. The first-order valence-electron chi connectivity index (χ1n) is 6.10. The summed E-state index contributed by atoms with van der Waals surface area (Å²) >= 11 is 9.00. The van der Waals surface area contributed by atoms with E-state index in [1.165, 1.54) is 0 Å². The second-order valence-electron chi connectivity index (χ2n) is 4.56. The first kappa shape index (κ1) is 16.2. The van der Waals surface area contributed by atoms with Crippen molar-refractivity contribution in [1.82, 2.24) is 0 Å². The normalized spacial score (nSPS) is 11.3. The number of halogens is 2. The van der Waals surface area contributed by atoms with Crippen LogP contribution < -0.4 is 0 Å². The van der Waals surface area contributed by atoms with E-state index < -0.39 is 21.4 Å². The molecule has 0 saturated heterocycles. The van der Waals surface area contributed by atoms with Gasteiger partial charge in [0.05, 0.1) is 5.75 Å². The Morgan fingerprint density at radius 2 is 1.67 bits per heavy atom. The second kappa shape index (κ2) is 6.73. The van der Waals surface area contributed by atoms with Crippen LogP contribution in [0.25, 0.3) is 0 Å². The lowest BCUT2D eigenvalue weighted by Crippen LogP contribution is -2.18. The molecule has 0 fully saturated rings. The molecule has 0 spiro atoms. The molecule has 0 unspecified atom stereocenters. The van der Waals surface area contributed by atoms with Gasteiger partial charge in [0.15, 0.2) is 15.6 Å². The average molecular weight is 388 g/mol. The number of benzene rings is 2. The number of carbonyl (C=O) groups excluding carboxylic acids is 1. The van der Waals surface area contributed by atoms with Crippen molar-refractivity contribution in [3.63, 3.8) is 0 Å². The Kier molecular flexibility index (Phi) is 5.19. The van der Waals surface area contributed by atoms with Crippen molar-refractivity contribution < 1.29 is 13.2 Å². The summed E-state index contributed by atoms with van der Waals surface area (Å²) in [5.74, 6) is -1.12. The van der Waals surface area contributed by atoms with Crippen molar-refractivity contribution in [3.8, 4) is 0 Å². The van der Waals surface area contributed by atoms with Gasteiger partial charge >= 0.3 is 0 Å². The molecule has 2 aromatic carbocycles. The summed E-state index contributed by atoms with van der Waals surface area (Å²) in [4.78, 5) is 12.1. The molecule has 0 aliphatic carbocycles. The smallest absolute Gasteiger partial charge is 0.179 e. The van der Waals surface area contributed by atoms with Crippen LogP contribution >= 0.6 is 27.5 Å². The lowest BCUT2D eigenvalue weighted by atomic mass is 10.1. The molecule has 0 radical (unpaired) electrons. The molecule has 0 N–H and O–H groups in total. The maximum Gasteiger partial charge on any atom is 0.179 e. The van der Waals surface area contributed by atoms with Gasteiger partial charge in [-0.15, -0.1) is 0 Å². The van der Waals surface area contributed by atoms with Crippen LogP contribution in [0.4, 0.5) is 0 Å². The van der Waals surface area contributed by atoms with Crippen molar-refractivity contribution in [2.75, 3.05) is 5.75 Å². The largest absolute Gasteiger partial charge is 0.293 e. The van der Waals surface area contributed by atoms with Crippen LogP contribution in [0, 0.1) is 0 Å². The SMILES string of the molecule is O=C(CS(=O)(=O)Cc1ccc(Cl)cc1)c1ccccc1Br. The Bertz CT molecular complexity index is 755. The summed E-state index contributed by atoms with van der Waals surface area (Å²) in [5, 5.41) is 0.542. The number of carbonyl (C=O) groups is 1. The molecule has 2 aromatic rings. The molecule has 0 aliphatic rings. The molecule has 0 aliphatic heterocycles. The molecule has 21 heavy (non-hydrogen) atoms. The van der Waals surface area contributed by atoms with Crippen molar-refractivity contribution >= 4 is 43.2 Å². The summed E-state index contributed by atoms with van der Waals surface area (Å²) in [6, 6.07) is 13.3. The predicted molar refractivity (Wildman–Crippen MR) is 87.4 cm³/mol. The fourth-order valence-corrected chi connectivity index (χ4v) is 3.84. The third-order valence-corrected chi connectivity index (χ3v) is 5.24. The van der Waals surface area contributed by atoms with Crippen molar-refractivity contribution in [2.24, 2.45) is 0 Å². The summed E-state index contributed by atoms with van der Waals surface area (Å²) in [5.41, 5.74) is 0.983. The van der Waals surface area contributed by atoms with Crippen LogP contribution in [0.5, 0.6) is 0 Å². The van der Waals surface area contributed by atoms with E-state index in [9.17, 15) is 13.2 Å². The van der Waals surface area contributed by atoms with Crippen LogP contribution in [0.15, 0.2) is 53.0 Å². The van der Waals surface area contributed by atoms with E-state index in [0.717, 1.165) is 0 Å². The minimum atomic E-state index is -3.53. The number of hydrogen-bond donors (Lipinski definition) is 0. The Labute approximate surface area is 137 Å². The van der Waals surface area contributed by atoms with Crippen molar-refractivity contribution in [1.29, 1.82) is 0 Å². The summed E-state index contributed by atoms with van der Waals surface area (Å²) in [6.07, 6.45) is 0. The number of rotatable bonds is 5. The monoisotopic (exact) mass is 386 g/mol. The van der Waals surface area contributed by atoms with E-state index in [4.69, 9.17) is 11.6 Å². The van der Waals surface area contributed by atoms with Gasteiger partial charge in [0.2, 0.25) is 0 Å². The van der Waals surface area contributed by atoms with Crippen LogP contribution in [-0.4, -0.2) is 20.0 Å². The molecule has 0 atom stereocenters. The molecule has 2 rings (SSSR count). The quantitative estimate of drug-likeness (QED) is 0.731. The molecule has 0 aromatic heterocycles. The highest BCUT2D eigenvalue weighted by Crippen LogP contribution is 2.18. The number of ketones is 1. The summed E-state index contributed by atoms with van der Waals surface area (Å²) in [6.45, 7) is 0. The average Bonchev–Trinajstić information content (AvgIpc) is 2.41. The van der Waals surface area contributed by atoms with Gasteiger partial charge < -0.3 is 0 Å². The fraction of sp³-hybridized carbons (Fsp3) is 0.133. The minimum absolute atomic E-state index is 0.180. The molecule has 0 amide bonds. The highest BCUT2D eigenvalue weighted by atomic mass is 79.9. The Morgan fingerprint density at radius 3 is 2.29 bits per heavy atom. The lowest BCUT2D eigenvalue weighted by molar-refractivity contribution is 0.102. The predicted octanol–water partition coefficient (Wildman–Crippen LogP) is 3.90. The van der Waals surface area contributed by atoms with Crippen molar-refractivity contribution in [3.05, 3.63) is 69.2 Å². The molecule has 6 heteroatoms. The van der Waals surface area contributed by atoms with Gasteiger partial charge in [-0.2, -0.15) is 0 Å². The second-order valence-corrected chi connectivity index (χ2v) is 7.92. The zero-order valence-electron chi connectivity index (χ0n) is 10.9. The highest BCUT2D eigenvalue weighted by Gasteiger charge is 2.20. The van der Waals surface area contributed by atoms with Gasteiger partial charge in [-0.3, -0.25) is 4.79 Å². The van der Waals surface area contributed by atoms with Gasteiger partial charge in [0.1, 0.15) is 5.75 Å². The van der Waals surface area contributed by atoms with Gasteiger partial charge in [-0.05, 0) is 23.8 Å². The minimum Gasteiger partial charge on any atom is -0.293 e. The Morgan fingerprint density at radius 1 is 1.05 bits per heavy atom. The molecular formula is C15H12BrClO3S. The van der Waals surface area contributed by atoms with E-state index in [2.05, 4.69) is 15.9 Å². The fourth-order valence-electron chi connectivity index (χ4n) is 1.85. The molecular weight excluding hydrogens is 376 g/mol. The van der Waals surface area contributed by atoms with E-state index in [-0.39, 0.29) is 5.75 Å². The lowest BCUT2D eigenvalue weighted by Gasteiger charge is -2.06. The zero-order valence-corrected chi connectivity index (χ0v) is 14.1. The van der Waals surface area contributed by atoms with E-state index >= 15 is 0 Å². The van der Waals surface area contributed by atoms with Gasteiger partial charge in [-0.1, -0.05) is 57.9 Å². The first-order valence-corrected chi connectivity index (χ1v) is 9.09. The maximum absolute atomic E-state index is 12.1. The number of sulfone groups is 1. The van der Waals surface area contributed by atoms with Crippen molar-refractivity contribution in [2.45, 2.75) is 5.75 Å². The van der Waals surface area contributed by atoms with Crippen LogP contribution in [0.1, 0.15) is 15.9 Å². The number of Topliss-reactive ketones (excluding diaryl/α,β-unsaturated/α-hetero) is 1. The third kappa shape index (κ3) is 4.66. The molecule has 0 bridgehead atoms. The van der Waals surface area contributed by atoms with Crippen LogP contribution in [0.2, 0.25) is 5.02 Å². The van der Waals surface area contributed by atoms with Crippen LogP contribution in [-0.2, 0) is 15.6 Å². The van der Waals surface area contributed by atoms with E-state index in [1.54, 1.807) is 48.5 Å². The van der Waals surface area contributed by atoms with E-state index in [0.29, 0.717) is 20.6 Å². The topological polar surface area (TPSA) is 51.2 Å². The Balaban J connectivity index is 2.12. The Hall–Kier alpha value is -1.17. The standard InChI is InChI=1S/C15H12BrClO3S/c16-14-4-2-1-3-13(14)15(18)10-21(19,20)9-11-5-7-12(17)8-6-11/h1-8H,9-10H2. The van der Waals surface area contributed by atoms with Gasteiger partial charge in [0, 0.05) is 15.1 Å². The van der Waals surface area contributed by atoms with Gasteiger partial charge in [0.25, 0.3) is 0 Å². The van der Waals surface area contributed by atoms with E-state index in [1.807, 2.05) is 0 Å². The molecule has 3 nitrogen and oxygen atoms in total. The summed E-state index contributed by atoms with van der Waals surface area (Å²) < 4.78 is 24.8. The summed E-state index contributed by atoms with van der Waals surface area (Å²) in [7, 11) is -3.53. The number of hydrogen-bond acceptors (Lipinski definition) is 3.